The fraction of sp³-hybridized carbons (Fsp3) is 0.286. The number of carbonyl (C=O) groups excluding carboxylic acids is 2. The molecule has 0 fully saturated rings. The molecular weight excluding hydrogens is 447 g/mol. The minimum atomic E-state index is -0.676. The lowest BCUT2D eigenvalue weighted by molar-refractivity contribution is -0.139. The molecule has 0 heterocycles. The second-order valence-corrected chi connectivity index (χ2v) is 9.30. The molecule has 3 aromatic carbocycles. The Balaban J connectivity index is 1.87. The van der Waals surface area contributed by atoms with E-state index in [0.717, 1.165) is 28.0 Å². The second kappa shape index (κ2) is 12.9. The molecule has 3 rings (SSSR count). The Labute approximate surface area is 205 Å². The first-order chi connectivity index (χ1) is 16.5. The molecule has 4 nitrogen and oxygen atoms in total. The molecule has 0 radical (unpaired) electrons. The number of halogens is 1. The van der Waals surface area contributed by atoms with Crippen LogP contribution in [0.25, 0.3) is 0 Å². The average molecular weight is 479 g/mol. The van der Waals surface area contributed by atoms with Gasteiger partial charge in [-0.2, -0.15) is 0 Å². The maximum atomic E-state index is 13.5. The van der Waals surface area contributed by atoms with Crippen molar-refractivity contribution in [3.8, 4) is 0 Å². The second-order valence-electron chi connectivity index (χ2n) is 8.25. The van der Waals surface area contributed by atoms with Crippen LogP contribution in [0.4, 0.5) is 4.39 Å². The highest BCUT2D eigenvalue weighted by Crippen LogP contribution is 2.21. The van der Waals surface area contributed by atoms with E-state index in [1.807, 2.05) is 68.4 Å². The quantitative estimate of drug-likeness (QED) is 0.376. The lowest BCUT2D eigenvalue weighted by atomic mass is 10.0. The number of nitrogens with zero attached hydrogens (tertiary/aromatic N) is 1. The number of carbonyl (C=O) groups is 2. The van der Waals surface area contributed by atoms with Gasteiger partial charge in [0.15, 0.2) is 0 Å². The third-order valence-electron chi connectivity index (χ3n) is 5.47. The van der Waals surface area contributed by atoms with Crippen LogP contribution in [0.5, 0.6) is 0 Å². The van der Waals surface area contributed by atoms with Crippen molar-refractivity contribution in [2.24, 2.45) is 0 Å². The summed E-state index contributed by atoms with van der Waals surface area (Å²) in [5.41, 5.74) is 2.91. The first kappa shape index (κ1) is 25.5. The van der Waals surface area contributed by atoms with Crippen molar-refractivity contribution in [3.05, 3.63) is 101 Å². The van der Waals surface area contributed by atoms with E-state index in [2.05, 4.69) is 5.32 Å². The van der Waals surface area contributed by atoms with Gasteiger partial charge >= 0.3 is 0 Å². The van der Waals surface area contributed by atoms with Gasteiger partial charge in [-0.15, -0.1) is 11.8 Å². The van der Waals surface area contributed by atoms with E-state index >= 15 is 0 Å². The highest BCUT2D eigenvalue weighted by atomic mass is 32.2. The molecule has 0 saturated carbocycles. The number of thioether (sulfide) groups is 1. The number of benzene rings is 3. The van der Waals surface area contributed by atoms with Gasteiger partial charge in [-0.05, 0) is 48.7 Å². The topological polar surface area (TPSA) is 49.4 Å². The number of rotatable bonds is 11. The van der Waals surface area contributed by atoms with Crippen molar-refractivity contribution in [1.82, 2.24) is 10.2 Å². The monoisotopic (exact) mass is 478 g/mol. The Morgan fingerprint density at radius 2 is 1.62 bits per heavy atom. The molecule has 0 spiro atoms. The molecule has 6 heteroatoms. The van der Waals surface area contributed by atoms with Gasteiger partial charge in [0.2, 0.25) is 11.8 Å². The lowest BCUT2D eigenvalue weighted by Gasteiger charge is -2.31. The molecule has 0 aliphatic carbocycles. The van der Waals surface area contributed by atoms with Crippen LogP contribution in [-0.4, -0.2) is 35.1 Å². The zero-order valence-electron chi connectivity index (χ0n) is 19.7. The number of hydrogen-bond acceptors (Lipinski definition) is 3. The van der Waals surface area contributed by atoms with Crippen molar-refractivity contribution < 1.29 is 14.0 Å². The van der Waals surface area contributed by atoms with Gasteiger partial charge in [-0.3, -0.25) is 9.59 Å². The summed E-state index contributed by atoms with van der Waals surface area (Å²) in [7, 11) is 0. The molecule has 0 aromatic heterocycles. The maximum Gasteiger partial charge on any atom is 0.243 e. The van der Waals surface area contributed by atoms with E-state index in [1.54, 1.807) is 17.0 Å². The van der Waals surface area contributed by atoms with Gasteiger partial charge in [0.05, 0.1) is 5.75 Å². The minimum absolute atomic E-state index is 0.137. The molecule has 1 N–H and O–H groups in total. The molecule has 178 valence electrons. The Morgan fingerprint density at radius 3 is 2.26 bits per heavy atom. The molecule has 1 unspecified atom stereocenters. The van der Waals surface area contributed by atoms with Crippen molar-refractivity contribution in [2.45, 2.75) is 44.2 Å². The summed E-state index contributed by atoms with van der Waals surface area (Å²) < 4.78 is 13.5. The van der Waals surface area contributed by atoms with Gasteiger partial charge in [-0.25, -0.2) is 4.39 Å². The van der Waals surface area contributed by atoms with Crippen LogP contribution in [0.2, 0.25) is 0 Å². The SMILES string of the molecule is CCCNC(=O)C(Cc1ccccc1)N(Cc1ccc(F)cc1)C(=O)CSc1ccc(C)cc1. The third kappa shape index (κ3) is 7.73. The summed E-state index contributed by atoms with van der Waals surface area (Å²) >= 11 is 1.45. The Morgan fingerprint density at radius 1 is 0.941 bits per heavy atom. The van der Waals surface area contributed by atoms with Crippen molar-refractivity contribution in [1.29, 1.82) is 0 Å². The third-order valence-corrected chi connectivity index (χ3v) is 6.47. The van der Waals surface area contributed by atoms with Gasteiger partial charge in [0.1, 0.15) is 11.9 Å². The number of amides is 2. The van der Waals surface area contributed by atoms with Gasteiger partial charge in [0.25, 0.3) is 0 Å². The lowest BCUT2D eigenvalue weighted by Crippen LogP contribution is -2.51. The molecule has 0 aliphatic heterocycles. The minimum Gasteiger partial charge on any atom is -0.354 e. The van der Waals surface area contributed by atoms with E-state index in [-0.39, 0.29) is 29.9 Å². The van der Waals surface area contributed by atoms with E-state index < -0.39 is 6.04 Å². The van der Waals surface area contributed by atoms with Crippen LogP contribution in [0.3, 0.4) is 0 Å². The summed E-state index contributed by atoms with van der Waals surface area (Å²) in [6, 6.07) is 23.1. The van der Waals surface area contributed by atoms with Crippen LogP contribution in [-0.2, 0) is 22.6 Å². The largest absolute Gasteiger partial charge is 0.354 e. The molecule has 2 amide bonds. The van der Waals surface area contributed by atoms with Crippen LogP contribution in [0.1, 0.15) is 30.0 Å². The number of aryl methyl sites for hydroxylation is 1. The highest BCUT2D eigenvalue weighted by Gasteiger charge is 2.30. The number of nitrogens with one attached hydrogen (secondary N) is 1. The fourth-order valence-corrected chi connectivity index (χ4v) is 4.35. The zero-order chi connectivity index (χ0) is 24.3. The summed E-state index contributed by atoms with van der Waals surface area (Å²) in [6.45, 7) is 4.78. The number of hydrogen-bond donors (Lipinski definition) is 1. The van der Waals surface area contributed by atoms with Crippen LogP contribution in [0, 0.1) is 12.7 Å². The molecular formula is C28H31FN2O2S. The summed E-state index contributed by atoms with van der Waals surface area (Å²) in [6.07, 6.45) is 1.21. The van der Waals surface area contributed by atoms with Crippen molar-refractivity contribution >= 4 is 23.6 Å². The average Bonchev–Trinajstić information content (AvgIpc) is 2.86. The normalized spacial score (nSPS) is 11.6. The summed E-state index contributed by atoms with van der Waals surface area (Å²) in [5.74, 6) is -0.446. The Kier molecular flexibility index (Phi) is 9.71. The van der Waals surface area contributed by atoms with E-state index in [1.165, 1.54) is 23.9 Å². The molecule has 1 atom stereocenters. The van der Waals surface area contributed by atoms with Gasteiger partial charge in [0, 0.05) is 24.4 Å². The summed E-state index contributed by atoms with van der Waals surface area (Å²) in [4.78, 5) is 29.4. The fourth-order valence-electron chi connectivity index (χ4n) is 3.57. The van der Waals surface area contributed by atoms with Crippen molar-refractivity contribution in [3.63, 3.8) is 0 Å². The van der Waals surface area contributed by atoms with Crippen molar-refractivity contribution in [2.75, 3.05) is 12.3 Å². The predicted molar refractivity (Wildman–Crippen MR) is 136 cm³/mol. The molecule has 0 saturated heterocycles. The smallest absolute Gasteiger partial charge is 0.243 e. The van der Waals surface area contributed by atoms with Gasteiger partial charge < -0.3 is 10.2 Å². The van der Waals surface area contributed by atoms with E-state index in [9.17, 15) is 14.0 Å². The Bertz CT molecular complexity index is 1060. The van der Waals surface area contributed by atoms with Crippen LogP contribution >= 0.6 is 11.8 Å². The first-order valence-electron chi connectivity index (χ1n) is 11.5. The standard InChI is InChI=1S/C28H31FN2O2S/c1-3-17-30-28(33)26(18-22-7-5-4-6-8-22)31(19-23-11-13-24(29)14-12-23)27(32)20-34-25-15-9-21(2)10-16-25/h4-16,26H,3,17-20H2,1-2H3,(H,30,33). The van der Waals surface area contributed by atoms with E-state index in [4.69, 9.17) is 0 Å². The highest BCUT2D eigenvalue weighted by molar-refractivity contribution is 8.00. The van der Waals surface area contributed by atoms with Crippen LogP contribution in [0.15, 0.2) is 83.8 Å². The maximum absolute atomic E-state index is 13.5. The van der Waals surface area contributed by atoms with E-state index in [0.29, 0.717) is 13.0 Å². The summed E-state index contributed by atoms with van der Waals surface area (Å²) in [5, 5.41) is 2.96. The Hall–Kier alpha value is -3.12. The molecule has 0 aliphatic rings. The van der Waals surface area contributed by atoms with Crippen LogP contribution < -0.4 is 5.32 Å². The molecule has 3 aromatic rings. The predicted octanol–water partition coefficient (Wildman–Crippen LogP) is 5.39. The zero-order valence-corrected chi connectivity index (χ0v) is 20.5. The first-order valence-corrected chi connectivity index (χ1v) is 12.5. The van der Waals surface area contributed by atoms with Gasteiger partial charge in [-0.1, -0.05) is 67.1 Å². The molecule has 0 bridgehead atoms. The molecule has 34 heavy (non-hydrogen) atoms.